The summed E-state index contributed by atoms with van der Waals surface area (Å²) in [5.74, 6) is 0.427. The van der Waals surface area contributed by atoms with Gasteiger partial charge in [-0.1, -0.05) is 12.1 Å². The largest absolute Gasteiger partial charge is 0.477 e. The van der Waals surface area contributed by atoms with Gasteiger partial charge >= 0.3 is 6.09 Å². The van der Waals surface area contributed by atoms with Crippen LogP contribution in [-0.2, 0) is 9.53 Å². The summed E-state index contributed by atoms with van der Waals surface area (Å²) in [5, 5.41) is 2.50. The Labute approximate surface area is 111 Å². The lowest BCUT2D eigenvalue weighted by atomic mass is 10.2. The number of benzene rings is 1. The number of fused-ring (bicyclic) bond motifs is 1. The number of alkyl carbamates (subject to hydrolysis) is 1. The van der Waals surface area contributed by atoms with Crippen molar-refractivity contribution in [2.45, 2.75) is 13.0 Å². The number of carbonyl (C=O) groups is 2. The molecule has 0 aromatic heterocycles. The van der Waals surface area contributed by atoms with E-state index in [-0.39, 0.29) is 19.1 Å². The van der Waals surface area contributed by atoms with E-state index < -0.39 is 12.2 Å². The summed E-state index contributed by atoms with van der Waals surface area (Å²) in [4.78, 5) is 24.8. The predicted molar refractivity (Wildman–Crippen MR) is 69.3 cm³/mol. The number of hydrogen-bond acceptors (Lipinski definition) is 4. The molecule has 0 aliphatic carbocycles. The Morgan fingerprint density at radius 2 is 2.21 bits per heavy atom. The molecule has 19 heavy (non-hydrogen) atoms. The SMILES string of the molecule is CCOC(=O)NCC1Oc2ccccc2N(C)C1=O. The van der Waals surface area contributed by atoms with Crippen molar-refractivity contribution in [3.63, 3.8) is 0 Å². The molecular formula is C13H16N2O4. The van der Waals surface area contributed by atoms with Crippen molar-refractivity contribution in [1.29, 1.82) is 0 Å². The standard InChI is InChI=1S/C13H16N2O4/c1-3-18-13(17)14-8-11-12(16)15(2)9-6-4-5-7-10(9)19-11/h4-7,11H,3,8H2,1-2H3,(H,14,17). The third kappa shape index (κ3) is 2.78. The van der Waals surface area contributed by atoms with Crippen LogP contribution in [0.15, 0.2) is 24.3 Å². The molecule has 102 valence electrons. The first-order valence-electron chi connectivity index (χ1n) is 6.07. The Hall–Kier alpha value is -2.24. The molecule has 0 radical (unpaired) electrons. The molecule has 0 bridgehead atoms. The number of carbonyl (C=O) groups excluding carboxylic acids is 2. The first-order chi connectivity index (χ1) is 9.13. The zero-order valence-electron chi connectivity index (χ0n) is 10.9. The van der Waals surface area contributed by atoms with Gasteiger partial charge in [0.15, 0.2) is 6.10 Å². The van der Waals surface area contributed by atoms with Crippen molar-refractivity contribution in [3.05, 3.63) is 24.3 Å². The monoisotopic (exact) mass is 264 g/mol. The Bertz CT molecular complexity index is 489. The molecule has 1 aromatic carbocycles. The van der Waals surface area contributed by atoms with E-state index in [1.165, 1.54) is 4.90 Å². The number of rotatable bonds is 3. The van der Waals surface area contributed by atoms with Gasteiger partial charge in [0.2, 0.25) is 0 Å². The van der Waals surface area contributed by atoms with Crippen LogP contribution >= 0.6 is 0 Å². The van der Waals surface area contributed by atoms with Gasteiger partial charge in [0.25, 0.3) is 5.91 Å². The van der Waals surface area contributed by atoms with Gasteiger partial charge in [-0.3, -0.25) is 4.79 Å². The van der Waals surface area contributed by atoms with E-state index in [1.54, 1.807) is 20.0 Å². The van der Waals surface area contributed by atoms with E-state index in [0.717, 1.165) is 5.69 Å². The maximum absolute atomic E-state index is 12.1. The minimum atomic E-state index is -0.732. The highest BCUT2D eigenvalue weighted by Crippen LogP contribution is 2.32. The van der Waals surface area contributed by atoms with Crippen LogP contribution in [0.4, 0.5) is 10.5 Å². The predicted octanol–water partition coefficient (Wildman–Crippen LogP) is 1.16. The summed E-state index contributed by atoms with van der Waals surface area (Å²) in [7, 11) is 1.68. The summed E-state index contributed by atoms with van der Waals surface area (Å²) in [6, 6.07) is 7.26. The highest BCUT2D eigenvalue weighted by Gasteiger charge is 2.32. The Morgan fingerprint density at radius 3 is 2.95 bits per heavy atom. The van der Waals surface area contributed by atoms with Gasteiger partial charge in [-0.2, -0.15) is 0 Å². The first kappa shape index (κ1) is 13.2. The molecule has 6 heteroatoms. The highest BCUT2D eigenvalue weighted by atomic mass is 16.5. The van der Waals surface area contributed by atoms with Crippen LogP contribution in [0.25, 0.3) is 0 Å². The second kappa shape index (κ2) is 5.60. The lowest BCUT2D eigenvalue weighted by Gasteiger charge is -2.31. The molecule has 0 saturated heterocycles. The minimum absolute atomic E-state index is 0.0797. The van der Waals surface area contributed by atoms with Crippen molar-refractivity contribution in [1.82, 2.24) is 5.32 Å². The fourth-order valence-electron chi connectivity index (χ4n) is 1.86. The van der Waals surface area contributed by atoms with Crippen LogP contribution < -0.4 is 15.0 Å². The van der Waals surface area contributed by atoms with Gasteiger partial charge < -0.3 is 19.7 Å². The molecule has 0 spiro atoms. The first-order valence-corrected chi connectivity index (χ1v) is 6.07. The molecule has 1 atom stereocenters. The topological polar surface area (TPSA) is 67.9 Å². The van der Waals surface area contributed by atoms with Crippen LogP contribution in [0, 0.1) is 0 Å². The van der Waals surface area contributed by atoms with Crippen LogP contribution in [0.2, 0.25) is 0 Å². The summed E-state index contributed by atoms with van der Waals surface area (Å²) < 4.78 is 10.3. The number of para-hydroxylation sites is 2. The van der Waals surface area contributed by atoms with E-state index in [0.29, 0.717) is 5.75 Å². The van der Waals surface area contributed by atoms with Crippen molar-refractivity contribution in [2.24, 2.45) is 0 Å². The third-order valence-corrected chi connectivity index (χ3v) is 2.81. The Kier molecular flexibility index (Phi) is 3.89. The molecule has 2 rings (SSSR count). The second-order valence-corrected chi connectivity index (χ2v) is 4.07. The van der Waals surface area contributed by atoms with Gasteiger partial charge in [-0.15, -0.1) is 0 Å². The van der Waals surface area contributed by atoms with E-state index in [9.17, 15) is 9.59 Å². The van der Waals surface area contributed by atoms with Gasteiger partial charge in [0.1, 0.15) is 5.75 Å². The van der Waals surface area contributed by atoms with Crippen molar-refractivity contribution >= 4 is 17.7 Å². The molecule has 1 heterocycles. The van der Waals surface area contributed by atoms with E-state index >= 15 is 0 Å². The number of likely N-dealkylation sites (N-methyl/N-ethyl adjacent to an activating group) is 1. The smallest absolute Gasteiger partial charge is 0.407 e. The number of nitrogens with zero attached hydrogens (tertiary/aromatic N) is 1. The molecule has 0 fully saturated rings. The fraction of sp³-hybridized carbons (Fsp3) is 0.385. The van der Waals surface area contributed by atoms with E-state index in [2.05, 4.69) is 5.32 Å². The Morgan fingerprint density at radius 1 is 1.47 bits per heavy atom. The van der Waals surface area contributed by atoms with Crippen LogP contribution in [-0.4, -0.2) is 38.3 Å². The number of amides is 2. The molecule has 2 amide bonds. The van der Waals surface area contributed by atoms with Gasteiger partial charge in [-0.05, 0) is 19.1 Å². The van der Waals surface area contributed by atoms with Crippen LogP contribution in [0.5, 0.6) is 5.75 Å². The lowest BCUT2D eigenvalue weighted by molar-refractivity contribution is -0.125. The number of ether oxygens (including phenoxy) is 2. The summed E-state index contributed by atoms with van der Waals surface area (Å²) >= 11 is 0. The molecule has 0 saturated carbocycles. The van der Waals surface area contributed by atoms with Gasteiger partial charge in [-0.25, -0.2) is 4.79 Å². The fourth-order valence-corrected chi connectivity index (χ4v) is 1.86. The summed E-state index contributed by atoms with van der Waals surface area (Å²) in [5.41, 5.74) is 0.722. The average Bonchev–Trinajstić information content (AvgIpc) is 2.42. The van der Waals surface area contributed by atoms with Crippen LogP contribution in [0.3, 0.4) is 0 Å². The normalized spacial score (nSPS) is 17.5. The molecular weight excluding hydrogens is 248 g/mol. The number of anilines is 1. The van der Waals surface area contributed by atoms with Crippen molar-refractivity contribution in [2.75, 3.05) is 25.1 Å². The van der Waals surface area contributed by atoms with E-state index in [1.807, 2.05) is 18.2 Å². The molecule has 1 unspecified atom stereocenters. The van der Waals surface area contributed by atoms with E-state index in [4.69, 9.17) is 9.47 Å². The second-order valence-electron chi connectivity index (χ2n) is 4.07. The number of nitrogens with one attached hydrogen (secondary N) is 1. The van der Waals surface area contributed by atoms with Gasteiger partial charge in [0, 0.05) is 7.05 Å². The Balaban J connectivity index is 2.04. The summed E-state index contributed by atoms with van der Waals surface area (Å²) in [6.45, 7) is 2.08. The zero-order chi connectivity index (χ0) is 13.8. The molecule has 6 nitrogen and oxygen atoms in total. The molecule has 1 aliphatic heterocycles. The number of hydrogen-bond donors (Lipinski definition) is 1. The quantitative estimate of drug-likeness (QED) is 0.889. The van der Waals surface area contributed by atoms with Crippen molar-refractivity contribution < 1.29 is 19.1 Å². The molecule has 1 aliphatic rings. The van der Waals surface area contributed by atoms with Crippen LogP contribution in [0.1, 0.15) is 6.92 Å². The van der Waals surface area contributed by atoms with Gasteiger partial charge in [0.05, 0.1) is 18.8 Å². The summed E-state index contributed by atoms with van der Waals surface area (Å²) in [6.07, 6.45) is -1.29. The third-order valence-electron chi connectivity index (χ3n) is 2.81. The highest BCUT2D eigenvalue weighted by molar-refractivity contribution is 5.99. The van der Waals surface area contributed by atoms with Crippen molar-refractivity contribution in [3.8, 4) is 5.75 Å². The maximum atomic E-state index is 12.1. The zero-order valence-corrected chi connectivity index (χ0v) is 10.9. The molecule has 1 aromatic rings. The maximum Gasteiger partial charge on any atom is 0.407 e. The lowest BCUT2D eigenvalue weighted by Crippen LogP contribution is -2.49. The molecule has 1 N–H and O–H groups in total. The minimum Gasteiger partial charge on any atom is -0.477 e. The average molecular weight is 264 g/mol.